The molecule has 1 heterocycles. The molecule has 3 rings (SSSR count). The first-order valence-electron chi connectivity index (χ1n) is 7.90. The number of aryl methyl sites for hydroxylation is 3. The van der Waals surface area contributed by atoms with Crippen LogP contribution in [0.25, 0.3) is 10.2 Å². The van der Waals surface area contributed by atoms with Gasteiger partial charge in [-0.2, -0.15) is 4.99 Å². The summed E-state index contributed by atoms with van der Waals surface area (Å²) >= 11 is 1.34. The van der Waals surface area contributed by atoms with Crippen LogP contribution in [0.4, 0.5) is 4.39 Å². The van der Waals surface area contributed by atoms with Crippen molar-refractivity contribution in [3.05, 3.63) is 63.7 Å². The summed E-state index contributed by atoms with van der Waals surface area (Å²) < 4.78 is 16.2. The van der Waals surface area contributed by atoms with E-state index in [1.165, 1.54) is 29.0 Å². The normalized spacial score (nSPS) is 12.1. The Morgan fingerprint density at radius 1 is 1.21 bits per heavy atom. The third-order valence-corrected chi connectivity index (χ3v) is 5.06. The molecule has 5 heteroatoms. The molecule has 0 N–H and O–H groups in total. The highest BCUT2D eigenvalue weighted by molar-refractivity contribution is 7.16. The van der Waals surface area contributed by atoms with Crippen molar-refractivity contribution in [3.63, 3.8) is 0 Å². The zero-order valence-electron chi connectivity index (χ0n) is 14.0. The summed E-state index contributed by atoms with van der Waals surface area (Å²) in [6, 6.07) is 10.7. The second-order valence-electron chi connectivity index (χ2n) is 5.85. The molecule has 24 heavy (non-hydrogen) atoms. The standard InChI is InChI=1S/C19H19FN2OS/c1-4-22-16-8-7-15(20)11-17(16)24-19(22)21-18(23)10-14-6-5-12(2)9-13(14)3/h5-9,11H,4,10H2,1-3H3. The van der Waals surface area contributed by atoms with Crippen LogP contribution in [0.1, 0.15) is 23.6 Å². The van der Waals surface area contributed by atoms with E-state index in [1.807, 2.05) is 37.5 Å². The SMILES string of the molecule is CCn1c(=NC(=O)Cc2ccc(C)cc2C)sc2cc(F)ccc21. The number of amides is 1. The maximum atomic E-state index is 13.4. The highest BCUT2D eigenvalue weighted by atomic mass is 32.1. The summed E-state index contributed by atoms with van der Waals surface area (Å²) in [5.74, 6) is -0.462. The number of hydrogen-bond acceptors (Lipinski definition) is 2. The third kappa shape index (κ3) is 3.31. The molecule has 0 spiro atoms. The van der Waals surface area contributed by atoms with Gasteiger partial charge in [-0.15, -0.1) is 0 Å². The molecular weight excluding hydrogens is 323 g/mol. The number of fused-ring (bicyclic) bond motifs is 1. The highest BCUT2D eigenvalue weighted by Gasteiger charge is 2.09. The van der Waals surface area contributed by atoms with E-state index in [-0.39, 0.29) is 18.1 Å². The second-order valence-corrected chi connectivity index (χ2v) is 6.86. The van der Waals surface area contributed by atoms with Crippen molar-refractivity contribution in [3.8, 4) is 0 Å². The van der Waals surface area contributed by atoms with Crippen LogP contribution < -0.4 is 4.80 Å². The molecule has 0 fully saturated rings. The molecule has 0 aliphatic rings. The van der Waals surface area contributed by atoms with Gasteiger partial charge in [0.05, 0.1) is 16.6 Å². The number of aromatic nitrogens is 1. The Morgan fingerprint density at radius 3 is 2.71 bits per heavy atom. The topological polar surface area (TPSA) is 34.4 Å². The number of thiazole rings is 1. The summed E-state index contributed by atoms with van der Waals surface area (Å²) in [7, 11) is 0. The molecule has 0 saturated heterocycles. The maximum absolute atomic E-state index is 13.4. The Morgan fingerprint density at radius 2 is 2.00 bits per heavy atom. The number of rotatable bonds is 3. The van der Waals surface area contributed by atoms with E-state index in [1.54, 1.807) is 6.07 Å². The number of nitrogens with zero attached hydrogens (tertiary/aromatic N) is 2. The van der Waals surface area contributed by atoms with Gasteiger partial charge in [-0.25, -0.2) is 4.39 Å². The van der Waals surface area contributed by atoms with Gasteiger partial charge >= 0.3 is 0 Å². The zero-order chi connectivity index (χ0) is 17.3. The van der Waals surface area contributed by atoms with Gasteiger partial charge in [0.25, 0.3) is 5.91 Å². The lowest BCUT2D eigenvalue weighted by molar-refractivity contribution is -0.117. The highest BCUT2D eigenvalue weighted by Crippen LogP contribution is 2.18. The number of carbonyl (C=O) groups excluding carboxylic acids is 1. The van der Waals surface area contributed by atoms with Crippen LogP contribution in [0.3, 0.4) is 0 Å². The fourth-order valence-corrected chi connectivity index (χ4v) is 3.93. The minimum Gasteiger partial charge on any atom is -0.317 e. The van der Waals surface area contributed by atoms with E-state index < -0.39 is 0 Å². The maximum Gasteiger partial charge on any atom is 0.252 e. The molecule has 0 atom stereocenters. The first-order chi connectivity index (χ1) is 11.5. The molecule has 3 aromatic rings. The van der Waals surface area contributed by atoms with E-state index in [2.05, 4.69) is 11.1 Å². The van der Waals surface area contributed by atoms with Crippen LogP contribution in [0.5, 0.6) is 0 Å². The van der Waals surface area contributed by atoms with Crippen LogP contribution in [-0.2, 0) is 17.8 Å². The number of hydrogen-bond donors (Lipinski definition) is 0. The Bertz CT molecular complexity index is 985. The van der Waals surface area contributed by atoms with Crippen molar-refractivity contribution in [2.24, 2.45) is 4.99 Å². The van der Waals surface area contributed by atoms with Gasteiger partial charge in [0.1, 0.15) is 5.82 Å². The fourth-order valence-electron chi connectivity index (χ4n) is 2.79. The smallest absolute Gasteiger partial charge is 0.252 e. The Labute approximate surface area is 144 Å². The molecule has 0 saturated carbocycles. The summed E-state index contributed by atoms with van der Waals surface area (Å²) in [4.78, 5) is 17.3. The molecule has 0 aliphatic carbocycles. The van der Waals surface area contributed by atoms with E-state index in [9.17, 15) is 9.18 Å². The molecule has 2 aromatic carbocycles. The summed E-state index contributed by atoms with van der Waals surface area (Å²) in [6.45, 7) is 6.71. The van der Waals surface area contributed by atoms with Gasteiger partial charge < -0.3 is 4.57 Å². The van der Waals surface area contributed by atoms with Crippen LogP contribution >= 0.6 is 11.3 Å². The van der Waals surface area contributed by atoms with E-state index in [0.717, 1.165) is 21.3 Å². The van der Waals surface area contributed by atoms with Gasteiger partial charge in [0.2, 0.25) is 0 Å². The lowest BCUT2D eigenvalue weighted by atomic mass is 10.0. The number of carbonyl (C=O) groups is 1. The fraction of sp³-hybridized carbons (Fsp3) is 0.263. The van der Waals surface area contributed by atoms with Crippen LogP contribution in [0, 0.1) is 19.7 Å². The number of benzene rings is 2. The van der Waals surface area contributed by atoms with Crippen molar-refractivity contribution in [2.75, 3.05) is 0 Å². The molecule has 0 radical (unpaired) electrons. The van der Waals surface area contributed by atoms with Crippen molar-refractivity contribution in [1.29, 1.82) is 0 Å². The molecular formula is C19H19FN2OS. The Balaban J connectivity index is 1.98. The molecule has 124 valence electrons. The lowest BCUT2D eigenvalue weighted by Gasteiger charge is -2.04. The lowest BCUT2D eigenvalue weighted by Crippen LogP contribution is -2.16. The average Bonchev–Trinajstić information content (AvgIpc) is 2.86. The monoisotopic (exact) mass is 342 g/mol. The molecule has 0 aliphatic heterocycles. The van der Waals surface area contributed by atoms with Gasteiger partial charge in [-0.1, -0.05) is 35.1 Å². The zero-order valence-corrected chi connectivity index (χ0v) is 14.8. The minimum atomic E-state index is -0.278. The molecule has 1 aromatic heterocycles. The summed E-state index contributed by atoms with van der Waals surface area (Å²) in [6.07, 6.45) is 0.276. The Hall–Kier alpha value is -2.27. The number of halogens is 1. The predicted molar refractivity (Wildman–Crippen MR) is 95.6 cm³/mol. The van der Waals surface area contributed by atoms with E-state index in [4.69, 9.17) is 0 Å². The Kier molecular flexibility index (Phi) is 4.62. The van der Waals surface area contributed by atoms with E-state index >= 15 is 0 Å². The molecule has 3 nitrogen and oxygen atoms in total. The summed E-state index contributed by atoms with van der Waals surface area (Å²) in [5, 5.41) is 0. The molecule has 0 unspecified atom stereocenters. The van der Waals surface area contributed by atoms with Crippen molar-refractivity contribution >= 4 is 27.5 Å². The quantitative estimate of drug-likeness (QED) is 0.704. The second kappa shape index (κ2) is 6.69. The van der Waals surface area contributed by atoms with Crippen molar-refractivity contribution in [2.45, 2.75) is 33.7 Å². The minimum absolute atomic E-state index is 0.184. The summed E-state index contributed by atoms with van der Waals surface area (Å²) in [5.41, 5.74) is 4.17. The first-order valence-corrected chi connectivity index (χ1v) is 8.72. The molecule has 0 bridgehead atoms. The molecule has 1 amide bonds. The van der Waals surface area contributed by atoms with Gasteiger partial charge in [0, 0.05) is 6.54 Å². The van der Waals surface area contributed by atoms with Gasteiger partial charge in [0.15, 0.2) is 4.80 Å². The predicted octanol–water partition coefficient (Wildman–Crippen LogP) is 4.15. The van der Waals surface area contributed by atoms with Gasteiger partial charge in [-0.3, -0.25) is 4.79 Å². The van der Waals surface area contributed by atoms with Crippen LogP contribution in [0.15, 0.2) is 41.4 Å². The van der Waals surface area contributed by atoms with Crippen LogP contribution in [0.2, 0.25) is 0 Å². The van der Waals surface area contributed by atoms with Crippen LogP contribution in [-0.4, -0.2) is 10.5 Å². The van der Waals surface area contributed by atoms with E-state index in [0.29, 0.717) is 11.3 Å². The van der Waals surface area contributed by atoms with Gasteiger partial charge in [-0.05, 0) is 50.1 Å². The largest absolute Gasteiger partial charge is 0.317 e. The van der Waals surface area contributed by atoms with Crippen molar-refractivity contribution in [1.82, 2.24) is 4.57 Å². The third-order valence-electron chi connectivity index (χ3n) is 4.02. The first kappa shape index (κ1) is 16.6. The van der Waals surface area contributed by atoms with Crippen molar-refractivity contribution < 1.29 is 9.18 Å². The average molecular weight is 342 g/mol.